The van der Waals surface area contributed by atoms with E-state index in [0.29, 0.717) is 27.3 Å². The molecule has 1 amide bonds. The molecule has 0 unspecified atom stereocenters. The average molecular weight is 544 g/mol. The zero-order valence-electron chi connectivity index (χ0n) is 18.1. The monoisotopic (exact) mass is 542 g/mol. The number of aromatic nitrogens is 5. The number of rotatable bonds is 6. The highest BCUT2D eigenvalue weighted by atomic mass is 79.9. The van der Waals surface area contributed by atoms with E-state index >= 15 is 0 Å². The third kappa shape index (κ3) is 5.61. The van der Waals surface area contributed by atoms with Gasteiger partial charge in [-0.15, -0.1) is 5.10 Å². The topological polar surface area (TPSA) is 85.6 Å². The van der Waals surface area contributed by atoms with Crippen molar-refractivity contribution in [2.75, 3.05) is 5.32 Å². The lowest BCUT2D eigenvalue weighted by Gasteiger charge is -2.10. The number of benzene rings is 2. The van der Waals surface area contributed by atoms with Crippen LogP contribution in [-0.4, -0.2) is 30.9 Å². The molecule has 4 rings (SSSR count). The van der Waals surface area contributed by atoms with Crippen LogP contribution >= 0.6 is 39.3 Å². The van der Waals surface area contributed by atoms with Crippen molar-refractivity contribution in [3.63, 3.8) is 0 Å². The molecule has 0 aliphatic carbocycles. The highest BCUT2D eigenvalue weighted by Crippen LogP contribution is 2.26. The van der Waals surface area contributed by atoms with Crippen molar-refractivity contribution in [3.05, 3.63) is 86.4 Å². The number of carbonyl (C=O) groups excluding carboxylic acids is 1. The quantitative estimate of drug-likeness (QED) is 0.239. The van der Waals surface area contributed by atoms with E-state index in [1.807, 2.05) is 57.2 Å². The fraction of sp³-hybridized carbons (Fsp3) is 0.174. The molecular weight excluding hydrogens is 524 g/mol. The van der Waals surface area contributed by atoms with Crippen molar-refractivity contribution in [2.45, 2.75) is 31.7 Å². The van der Waals surface area contributed by atoms with Gasteiger partial charge in [-0.1, -0.05) is 44.5 Å². The molecule has 0 saturated heterocycles. The highest BCUT2D eigenvalue weighted by Gasteiger charge is 2.22. The predicted octanol–water partition coefficient (Wildman–Crippen LogP) is 5.94. The number of carbonyl (C=O) groups is 1. The van der Waals surface area contributed by atoms with Crippen LogP contribution in [-0.2, 0) is 5.75 Å². The number of nitrogens with zero attached hydrogens (tertiary/aromatic N) is 5. The summed E-state index contributed by atoms with van der Waals surface area (Å²) in [6, 6.07) is 14.8. The second kappa shape index (κ2) is 10.0. The average Bonchev–Trinajstić information content (AvgIpc) is 3.18. The molecule has 2 aromatic heterocycles. The summed E-state index contributed by atoms with van der Waals surface area (Å²) in [6.45, 7) is 5.79. The number of hydrogen-bond acceptors (Lipinski definition) is 6. The zero-order valence-corrected chi connectivity index (χ0v) is 21.3. The van der Waals surface area contributed by atoms with E-state index in [0.717, 1.165) is 27.1 Å². The van der Waals surface area contributed by atoms with E-state index in [-0.39, 0.29) is 11.6 Å². The minimum Gasteiger partial charge on any atom is -0.320 e. The Kier molecular flexibility index (Phi) is 7.11. The van der Waals surface area contributed by atoms with Crippen LogP contribution in [0.1, 0.15) is 33.1 Å². The second-order valence-electron chi connectivity index (χ2n) is 7.41. The molecule has 10 heteroatoms. The fourth-order valence-electron chi connectivity index (χ4n) is 3.24. The number of aryl methyl sites for hydroxylation is 3. The molecular formula is C23H20BrClN6OS. The predicted molar refractivity (Wildman–Crippen MR) is 134 cm³/mol. The van der Waals surface area contributed by atoms with Gasteiger partial charge in [0.25, 0.3) is 5.91 Å². The van der Waals surface area contributed by atoms with Gasteiger partial charge < -0.3 is 5.32 Å². The number of anilines is 1. The number of amides is 1. The molecule has 0 bridgehead atoms. The van der Waals surface area contributed by atoms with Gasteiger partial charge in [-0.3, -0.25) is 4.79 Å². The molecule has 0 saturated carbocycles. The largest absolute Gasteiger partial charge is 0.320 e. The van der Waals surface area contributed by atoms with Gasteiger partial charge in [-0.25, -0.2) is 14.6 Å². The molecule has 4 aromatic rings. The van der Waals surface area contributed by atoms with E-state index in [4.69, 9.17) is 11.6 Å². The van der Waals surface area contributed by atoms with Crippen molar-refractivity contribution in [1.82, 2.24) is 25.0 Å². The highest BCUT2D eigenvalue weighted by molar-refractivity contribution is 9.10. The fourth-order valence-corrected chi connectivity index (χ4v) is 4.78. The molecule has 0 fully saturated rings. The minimum atomic E-state index is -0.336. The molecule has 0 radical (unpaired) electrons. The lowest BCUT2D eigenvalue weighted by Crippen LogP contribution is -2.16. The number of halogens is 2. The Morgan fingerprint density at radius 1 is 1.06 bits per heavy atom. The van der Waals surface area contributed by atoms with Gasteiger partial charge in [0.2, 0.25) is 0 Å². The van der Waals surface area contributed by atoms with Crippen molar-refractivity contribution in [1.29, 1.82) is 0 Å². The van der Waals surface area contributed by atoms with Crippen LogP contribution in [0.15, 0.2) is 58.2 Å². The molecule has 0 spiro atoms. The first-order chi connectivity index (χ1) is 15.8. The van der Waals surface area contributed by atoms with E-state index in [2.05, 4.69) is 41.5 Å². The Labute approximate surface area is 209 Å². The lowest BCUT2D eigenvalue weighted by molar-refractivity contribution is 0.102. The summed E-state index contributed by atoms with van der Waals surface area (Å²) in [5.41, 5.74) is 5.04. The summed E-state index contributed by atoms with van der Waals surface area (Å²) < 4.78 is 2.59. The summed E-state index contributed by atoms with van der Waals surface area (Å²) in [5.74, 6) is 0.0678. The maximum atomic E-state index is 13.2. The zero-order chi connectivity index (χ0) is 23.5. The first-order valence-electron chi connectivity index (χ1n) is 10.0. The lowest BCUT2D eigenvalue weighted by atomic mass is 10.2. The summed E-state index contributed by atoms with van der Waals surface area (Å²) in [7, 11) is 0. The smallest absolute Gasteiger partial charge is 0.278 e. The molecule has 2 aromatic carbocycles. The van der Waals surface area contributed by atoms with E-state index in [9.17, 15) is 4.79 Å². The molecule has 1 N–H and O–H groups in total. The van der Waals surface area contributed by atoms with Crippen molar-refractivity contribution < 1.29 is 4.79 Å². The summed E-state index contributed by atoms with van der Waals surface area (Å²) >= 11 is 10.9. The maximum Gasteiger partial charge on any atom is 0.278 e. The molecule has 7 nitrogen and oxygen atoms in total. The summed E-state index contributed by atoms with van der Waals surface area (Å²) in [5, 5.41) is 12.7. The van der Waals surface area contributed by atoms with Gasteiger partial charge >= 0.3 is 0 Å². The van der Waals surface area contributed by atoms with E-state index in [1.165, 1.54) is 11.8 Å². The van der Waals surface area contributed by atoms with Crippen LogP contribution in [0.5, 0.6) is 0 Å². The van der Waals surface area contributed by atoms with E-state index < -0.39 is 0 Å². The van der Waals surface area contributed by atoms with Gasteiger partial charge in [-0.05, 0) is 74.9 Å². The Bertz CT molecular complexity index is 1310. The van der Waals surface area contributed by atoms with Crippen molar-refractivity contribution >= 4 is 50.9 Å². The Morgan fingerprint density at radius 3 is 2.42 bits per heavy atom. The normalized spacial score (nSPS) is 10.9. The Morgan fingerprint density at radius 2 is 1.76 bits per heavy atom. The second-order valence-corrected chi connectivity index (χ2v) is 9.70. The van der Waals surface area contributed by atoms with Crippen LogP contribution < -0.4 is 5.32 Å². The molecule has 2 heterocycles. The molecule has 168 valence electrons. The molecule has 33 heavy (non-hydrogen) atoms. The van der Waals surface area contributed by atoms with Crippen molar-refractivity contribution in [2.24, 2.45) is 0 Å². The first kappa shape index (κ1) is 23.4. The van der Waals surface area contributed by atoms with Crippen LogP contribution in [0.3, 0.4) is 0 Å². The van der Waals surface area contributed by atoms with Gasteiger partial charge in [0, 0.05) is 32.3 Å². The summed E-state index contributed by atoms with van der Waals surface area (Å²) in [4.78, 5) is 22.2. The third-order valence-electron chi connectivity index (χ3n) is 4.79. The van der Waals surface area contributed by atoms with Crippen LogP contribution in [0.4, 0.5) is 5.69 Å². The van der Waals surface area contributed by atoms with Crippen LogP contribution in [0.2, 0.25) is 5.02 Å². The molecule has 0 aliphatic rings. The van der Waals surface area contributed by atoms with Gasteiger partial charge in [-0.2, -0.15) is 0 Å². The number of hydrogen-bond donors (Lipinski definition) is 1. The van der Waals surface area contributed by atoms with Gasteiger partial charge in [0.1, 0.15) is 0 Å². The molecule has 0 atom stereocenters. The van der Waals surface area contributed by atoms with Crippen LogP contribution in [0, 0.1) is 20.8 Å². The SMILES string of the molecule is Cc1cc(C)nc(SCc2c(C(=O)Nc3ccc(Br)cc3C)nnn2-c2ccc(Cl)cc2)n1. The van der Waals surface area contributed by atoms with E-state index in [1.54, 1.807) is 16.8 Å². The van der Waals surface area contributed by atoms with Crippen molar-refractivity contribution in [3.8, 4) is 5.69 Å². The van der Waals surface area contributed by atoms with Crippen LogP contribution in [0.25, 0.3) is 5.69 Å². The third-order valence-corrected chi connectivity index (χ3v) is 6.39. The molecule has 0 aliphatic heterocycles. The minimum absolute atomic E-state index is 0.240. The maximum absolute atomic E-state index is 13.2. The summed E-state index contributed by atoms with van der Waals surface area (Å²) in [6.07, 6.45) is 0. The standard InChI is InChI=1S/C23H20BrClN6OS/c1-13-10-16(24)4-9-19(13)28-22(32)21-20(12-33-23-26-14(2)11-15(3)27-23)31(30-29-21)18-7-5-17(25)6-8-18/h4-11H,12H2,1-3H3,(H,28,32). The first-order valence-corrected chi connectivity index (χ1v) is 12.2. The Balaban J connectivity index is 1.68. The van der Waals surface area contributed by atoms with Gasteiger partial charge in [0.15, 0.2) is 10.9 Å². The number of nitrogens with one attached hydrogen (secondary N) is 1. The number of thioether (sulfide) groups is 1. The Hall–Kier alpha value is -2.75. The van der Waals surface area contributed by atoms with Gasteiger partial charge in [0.05, 0.1) is 11.4 Å².